The molecule has 2 atom stereocenters. The smallest absolute Gasteiger partial charge is 0.317 e. The zero-order valence-electron chi connectivity index (χ0n) is 21.4. The highest BCUT2D eigenvalue weighted by Gasteiger charge is 2.32. The van der Waals surface area contributed by atoms with E-state index in [0.717, 1.165) is 18.4 Å². The van der Waals surface area contributed by atoms with E-state index in [4.69, 9.17) is 0 Å². The van der Waals surface area contributed by atoms with Crippen molar-refractivity contribution in [3.8, 4) is 0 Å². The predicted molar refractivity (Wildman–Crippen MR) is 140 cm³/mol. The molecule has 1 aromatic rings. The maximum atomic E-state index is 11.3. The Bertz CT molecular complexity index is 667. The van der Waals surface area contributed by atoms with Crippen molar-refractivity contribution in [2.75, 3.05) is 32.7 Å². The van der Waals surface area contributed by atoms with Gasteiger partial charge in [-0.15, -0.1) is 6.58 Å². The van der Waals surface area contributed by atoms with Crippen LogP contribution in [0.2, 0.25) is 0 Å². The van der Waals surface area contributed by atoms with Gasteiger partial charge in [0.25, 0.3) is 0 Å². The minimum Gasteiger partial charge on any atom is -0.480 e. The summed E-state index contributed by atoms with van der Waals surface area (Å²) in [5.74, 6) is 1.48. The third-order valence-corrected chi connectivity index (χ3v) is 7.11. The summed E-state index contributed by atoms with van der Waals surface area (Å²) in [6, 6.07) is 11.3. The minimum absolute atomic E-state index is 0.198. The molecule has 1 N–H and O–H groups in total. The Hall–Kier alpha value is -1.65. The van der Waals surface area contributed by atoms with E-state index in [0.29, 0.717) is 12.0 Å². The third-order valence-electron chi connectivity index (χ3n) is 7.11. The highest BCUT2D eigenvalue weighted by molar-refractivity contribution is 5.69. The highest BCUT2D eigenvalue weighted by Crippen LogP contribution is 2.32. The van der Waals surface area contributed by atoms with Crippen LogP contribution in [0.15, 0.2) is 43.0 Å². The van der Waals surface area contributed by atoms with Gasteiger partial charge in [0, 0.05) is 19.1 Å². The van der Waals surface area contributed by atoms with Gasteiger partial charge in [-0.2, -0.15) is 0 Å². The Labute approximate surface area is 203 Å². The standard InChI is InChI=1S/C26H42N2O2.C3H6/c1-21(2)18-28(20-26(29)30)25-12-11-24(17-25)19-27-15-13-23(14-16-27)10-6-9-22-7-4-3-5-8-22;1-3-2/h3-5,7-8,21,23-25H,6,9-20H2,1-2H3,(H,29,30);3H,1H2,2H3/t24-,25?;/m1./s1. The molecule has 0 amide bonds. The van der Waals surface area contributed by atoms with Gasteiger partial charge in [0.15, 0.2) is 0 Å². The van der Waals surface area contributed by atoms with Crippen LogP contribution in [0.1, 0.15) is 71.3 Å². The Morgan fingerprint density at radius 2 is 1.82 bits per heavy atom. The zero-order chi connectivity index (χ0) is 24.1. The van der Waals surface area contributed by atoms with Crippen LogP contribution in [-0.4, -0.2) is 59.6 Å². The van der Waals surface area contributed by atoms with Crippen LogP contribution in [0.25, 0.3) is 0 Å². The first kappa shape index (κ1) is 27.6. The fourth-order valence-electron chi connectivity index (χ4n) is 5.59. The summed E-state index contributed by atoms with van der Waals surface area (Å²) in [7, 11) is 0. The van der Waals surface area contributed by atoms with E-state index in [2.05, 4.69) is 60.6 Å². The number of aryl methyl sites for hydroxylation is 1. The second-order valence-corrected chi connectivity index (χ2v) is 10.6. The number of hydrogen-bond acceptors (Lipinski definition) is 3. The summed E-state index contributed by atoms with van der Waals surface area (Å²) in [4.78, 5) is 16.2. The van der Waals surface area contributed by atoms with Gasteiger partial charge in [0.05, 0.1) is 6.54 Å². The van der Waals surface area contributed by atoms with Gasteiger partial charge in [0.2, 0.25) is 0 Å². The maximum Gasteiger partial charge on any atom is 0.317 e. The number of carboxylic acid groups (broad SMARTS) is 1. The Kier molecular flexibility index (Phi) is 12.8. The average Bonchev–Trinajstić information content (AvgIpc) is 3.24. The molecule has 2 fully saturated rings. The van der Waals surface area contributed by atoms with Crippen molar-refractivity contribution >= 4 is 5.97 Å². The van der Waals surface area contributed by atoms with Crippen molar-refractivity contribution in [1.82, 2.24) is 9.80 Å². The van der Waals surface area contributed by atoms with Gasteiger partial charge in [-0.05, 0) is 88.3 Å². The molecule has 0 bridgehead atoms. The molecule has 33 heavy (non-hydrogen) atoms. The van der Waals surface area contributed by atoms with Crippen molar-refractivity contribution in [3.63, 3.8) is 0 Å². The summed E-state index contributed by atoms with van der Waals surface area (Å²) in [6.45, 7) is 14.4. The number of aliphatic carboxylic acids is 1. The molecule has 4 heteroatoms. The van der Waals surface area contributed by atoms with E-state index in [9.17, 15) is 9.90 Å². The molecular formula is C29H48N2O2. The summed E-state index contributed by atoms with van der Waals surface area (Å²) in [5.41, 5.74) is 1.47. The zero-order valence-corrected chi connectivity index (χ0v) is 21.4. The lowest BCUT2D eigenvalue weighted by Gasteiger charge is -2.34. The molecule has 3 rings (SSSR count). The van der Waals surface area contributed by atoms with E-state index in [1.807, 2.05) is 6.92 Å². The van der Waals surface area contributed by atoms with Crippen LogP contribution in [0, 0.1) is 17.8 Å². The molecule has 1 unspecified atom stereocenters. The highest BCUT2D eigenvalue weighted by atomic mass is 16.4. The first-order valence-corrected chi connectivity index (χ1v) is 13.2. The molecule has 1 saturated heterocycles. The van der Waals surface area contributed by atoms with E-state index in [1.54, 1.807) is 6.08 Å². The van der Waals surface area contributed by atoms with Crippen molar-refractivity contribution in [2.45, 2.75) is 78.2 Å². The Morgan fingerprint density at radius 1 is 1.15 bits per heavy atom. The van der Waals surface area contributed by atoms with Crippen molar-refractivity contribution in [1.29, 1.82) is 0 Å². The first-order valence-electron chi connectivity index (χ1n) is 13.2. The summed E-state index contributed by atoms with van der Waals surface area (Å²) < 4.78 is 0. The number of carbonyl (C=O) groups is 1. The van der Waals surface area contributed by atoms with Crippen LogP contribution in [-0.2, 0) is 11.2 Å². The molecule has 1 heterocycles. The lowest BCUT2D eigenvalue weighted by Crippen LogP contribution is -2.41. The first-order chi connectivity index (χ1) is 15.9. The second-order valence-electron chi connectivity index (χ2n) is 10.6. The molecule has 4 nitrogen and oxygen atoms in total. The number of allylic oxidation sites excluding steroid dienone is 1. The van der Waals surface area contributed by atoms with Gasteiger partial charge in [-0.3, -0.25) is 9.69 Å². The fraction of sp³-hybridized carbons (Fsp3) is 0.690. The van der Waals surface area contributed by atoms with E-state index in [-0.39, 0.29) is 6.54 Å². The van der Waals surface area contributed by atoms with E-state index in [1.165, 1.54) is 76.6 Å². The van der Waals surface area contributed by atoms with Gasteiger partial charge in [-0.25, -0.2) is 0 Å². The lowest BCUT2D eigenvalue weighted by molar-refractivity contribution is -0.139. The van der Waals surface area contributed by atoms with Crippen molar-refractivity contribution in [2.24, 2.45) is 17.8 Å². The number of benzene rings is 1. The van der Waals surface area contributed by atoms with Gasteiger partial charge in [-0.1, -0.05) is 56.7 Å². The quantitative estimate of drug-likeness (QED) is 0.407. The van der Waals surface area contributed by atoms with Gasteiger partial charge >= 0.3 is 5.97 Å². The molecule has 0 radical (unpaired) electrons. The maximum absolute atomic E-state index is 11.3. The monoisotopic (exact) mass is 456 g/mol. The topological polar surface area (TPSA) is 43.8 Å². The average molecular weight is 457 g/mol. The fourth-order valence-corrected chi connectivity index (χ4v) is 5.59. The molecule has 1 aromatic carbocycles. The van der Waals surface area contributed by atoms with Crippen LogP contribution in [0.3, 0.4) is 0 Å². The van der Waals surface area contributed by atoms with Crippen molar-refractivity contribution < 1.29 is 9.90 Å². The summed E-state index contributed by atoms with van der Waals surface area (Å²) >= 11 is 0. The lowest BCUT2D eigenvalue weighted by atomic mass is 9.90. The van der Waals surface area contributed by atoms with Crippen LogP contribution >= 0.6 is 0 Å². The predicted octanol–water partition coefficient (Wildman–Crippen LogP) is 6.12. The number of rotatable bonds is 11. The number of likely N-dealkylation sites (tertiary alicyclic amines) is 1. The summed E-state index contributed by atoms with van der Waals surface area (Å²) in [5, 5.41) is 9.29. The Balaban J connectivity index is 0.00000122. The van der Waals surface area contributed by atoms with Crippen LogP contribution < -0.4 is 0 Å². The van der Waals surface area contributed by atoms with Crippen LogP contribution in [0.4, 0.5) is 0 Å². The molecule has 0 aromatic heterocycles. The minimum atomic E-state index is -0.687. The molecule has 1 aliphatic carbocycles. The molecular weight excluding hydrogens is 408 g/mol. The van der Waals surface area contributed by atoms with E-state index < -0.39 is 5.97 Å². The van der Waals surface area contributed by atoms with E-state index >= 15 is 0 Å². The number of piperidine rings is 1. The molecule has 186 valence electrons. The molecule has 1 saturated carbocycles. The normalized spacial score (nSPS) is 21.7. The Morgan fingerprint density at radius 3 is 2.42 bits per heavy atom. The third kappa shape index (κ3) is 10.9. The van der Waals surface area contributed by atoms with Gasteiger partial charge < -0.3 is 10.0 Å². The summed E-state index contributed by atoms with van der Waals surface area (Å²) in [6.07, 6.45) is 12.0. The van der Waals surface area contributed by atoms with Crippen molar-refractivity contribution in [3.05, 3.63) is 48.6 Å². The number of hydrogen-bond donors (Lipinski definition) is 1. The van der Waals surface area contributed by atoms with Crippen LogP contribution in [0.5, 0.6) is 0 Å². The molecule has 1 aliphatic heterocycles. The van der Waals surface area contributed by atoms with Gasteiger partial charge in [0.1, 0.15) is 0 Å². The number of carboxylic acids is 1. The number of nitrogens with zero attached hydrogens (tertiary/aromatic N) is 2. The SMILES string of the molecule is C=CC.CC(C)CN(CC(=O)O)C1CC[C@@H](CN2CCC(CCCc3ccccc3)CC2)C1. The largest absolute Gasteiger partial charge is 0.480 e. The molecule has 2 aliphatic rings. The second kappa shape index (κ2) is 15.3. The molecule has 0 spiro atoms.